The lowest BCUT2D eigenvalue weighted by Gasteiger charge is -2.58. The van der Waals surface area contributed by atoms with Gasteiger partial charge in [-0.1, -0.05) is 87.1 Å². The van der Waals surface area contributed by atoms with Gasteiger partial charge in [-0.15, -0.1) is 0 Å². The van der Waals surface area contributed by atoms with E-state index in [1.165, 1.54) is 70.6 Å². The average molecular weight is 520 g/mol. The van der Waals surface area contributed by atoms with E-state index >= 15 is 0 Å². The summed E-state index contributed by atoms with van der Waals surface area (Å²) in [5, 5.41) is 11.0. The van der Waals surface area contributed by atoms with Gasteiger partial charge < -0.3 is 11.1 Å². The van der Waals surface area contributed by atoms with Crippen LogP contribution in [0.1, 0.15) is 105 Å². The van der Waals surface area contributed by atoms with Crippen molar-refractivity contribution in [1.29, 1.82) is 5.41 Å². The molecule has 0 aromatic rings. The van der Waals surface area contributed by atoms with E-state index in [9.17, 15) is 0 Å². The number of fused-ring (bicyclic) bond motifs is 5. The Kier molecular flexibility index (Phi) is 9.21. The van der Waals surface area contributed by atoms with Crippen molar-refractivity contribution in [3.8, 4) is 0 Å². The Morgan fingerprint density at radius 3 is 2.66 bits per heavy atom. The Bertz CT molecular complexity index is 767. The van der Waals surface area contributed by atoms with Gasteiger partial charge in [0.15, 0.2) is 5.96 Å². The largest absolute Gasteiger partial charge is 0.370 e. The normalized spacial score (nSPS) is 39.4. The van der Waals surface area contributed by atoms with Crippen molar-refractivity contribution < 1.29 is 0 Å². The first-order valence-corrected chi connectivity index (χ1v) is 17.1. The van der Waals surface area contributed by atoms with Gasteiger partial charge in [0.2, 0.25) is 0 Å². The Balaban J connectivity index is 1.36. The summed E-state index contributed by atoms with van der Waals surface area (Å²) in [5.41, 5.74) is 8.27. The quantitative estimate of drug-likeness (QED) is 0.0893. The van der Waals surface area contributed by atoms with Crippen molar-refractivity contribution in [2.75, 3.05) is 12.3 Å². The minimum absolute atomic E-state index is 0.0868. The molecule has 3 saturated carbocycles. The summed E-state index contributed by atoms with van der Waals surface area (Å²) in [6.45, 7) is 13.5. The average Bonchev–Trinajstić information content (AvgIpc) is 3.15. The first-order valence-electron chi connectivity index (χ1n) is 14.7. The molecular formula is C30H53N3S2. The van der Waals surface area contributed by atoms with Crippen LogP contribution >= 0.6 is 21.6 Å². The molecule has 0 aromatic carbocycles. The fourth-order valence-corrected chi connectivity index (χ4v) is 11.7. The molecule has 3 nitrogen and oxygen atoms in total. The zero-order valence-electron chi connectivity index (χ0n) is 23.2. The molecule has 0 aliphatic heterocycles. The predicted octanol–water partition coefficient (Wildman–Crippen LogP) is 8.26. The number of hydrogen-bond acceptors (Lipinski definition) is 3. The summed E-state index contributed by atoms with van der Waals surface area (Å²) in [4.78, 5) is 0. The highest BCUT2D eigenvalue weighted by atomic mass is 33.1. The van der Waals surface area contributed by atoms with Crippen LogP contribution in [0.25, 0.3) is 0 Å². The van der Waals surface area contributed by atoms with E-state index in [0.717, 1.165) is 53.1 Å². The number of hydrogen-bond donors (Lipinski definition) is 3. The molecule has 0 saturated heterocycles. The number of allylic oxidation sites excluding steroid dienone is 2. The van der Waals surface area contributed by atoms with E-state index in [2.05, 4.69) is 56.8 Å². The van der Waals surface area contributed by atoms with Gasteiger partial charge >= 0.3 is 0 Å². The minimum Gasteiger partial charge on any atom is -0.370 e. The van der Waals surface area contributed by atoms with Gasteiger partial charge in [0, 0.05) is 17.5 Å². The fourth-order valence-electron chi connectivity index (χ4n) is 9.11. The van der Waals surface area contributed by atoms with E-state index in [1.54, 1.807) is 0 Å². The molecular weight excluding hydrogens is 466 g/mol. The van der Waals surface area contributed by atoms with Crippen molar-refractivity contribution in [2.24, 2.45) is 52.1 Å². The fraction of sp³-hybridized carbons (Fsp3) is 0.900. The van der Waals surface area contributed by atoms with Crippen molar-refractivity contribution in [1.82, 2.24) is 5.32 Å². The van der Waals surface area contributed by atoms with E-state index in [0.29, 0.717) is 10.8 Å². The second-order valence-corrected chi connectivity index (χ2v) is 16.2. The van der Waals surface area contributed by atoms with Crippen molar-refractivity contribution in [3.05, 3.63) is 11.6 Å². The van der Waals surface area contributed by atoms with Crippen LogP contribution in [0.5, 0.6) is 0 Å². The molecule has 0 heterocycles. The Labute approximate surface area is 224 Å². The zero-order valence-corrected chi connectivity index (χ0v) is 24.8. The summed E-state index contributed by atoms with van der Waals surface area (Å²) in [7, 11) is 4.04. The molecule has 0 unspecified atom stereocenters. The summed E-state index contributed by atoms with van der Waals surface area (Å²) >= 11 is 0. The zero-order chi connectivity index (χ0) is 25.2. The van der Waals surface area contributed by atoms with Crippen molar-refractivity contribution in [3.63, 3.8) is 0 Å². The number of nitrogens with two attached hydrogens (primary N) is 1. The monoisotopic (exact) mass is 519 g/mol. The third-order valence-corrected chi connectivity index (χ3v) is 13.9. The van der Waals surface area contributed by atoms with Gasteiger partial charge in [-0.05, 0) is 97.7 Å². The Morgan fingerprint density at radius 1 is 1.11 bits per heavy atom. The molecule has 0 aromatic heterocycles. The van der Waals surface area contributed by atoms with Crippen LogP contribution in [0.4, 0.5) is 0 Å². The molecule has 0 spiro atoms. The maximum Gasteiger partial charge on any atom is 0.185 e. The first kappa shape index (κ1) is 27.7. The lowest BCUT2D eigenvalue weighted by Crippen LogP contribution is -2.50. The highest BCUT2D eigenvalue weighted by Gasteiger charge is 2.59. The topological polar surface area (TPSA) is 61.9 Å². The van der Waals surface area contributed by atoms with E-state index < -0.39 is 0 Å². The minimum atomic E-state index is 0.0868. The highest BCUT2D eigenvalue weighted by Crippen LogP contribution is 2.67. The Hall–Kier alpha value is -0.290. The number of nitrogens with one attached hydrogen (secondary N) is 2. The van der Waals surface area contributed by atoms with Gasteiger partial charge in [0.25, 0.3) is 0 Å². The lowest BCUT2D eigenvalue weighted by atomic mass is 9.47. The van der Waals surface area contributed by atoms with Gasteiger partial charge in [0.1, 0.15) is 0 Å². The summed E-state index contributed by atoms with van der Waals surface area (Å²) in [6.07, 6.45) is 18.4. The molecule has 35 heavy (non-hydrogen) atoms. The molecule has 0 bridgehead atoms. The Morgan fingerprint density at radius 2 is 1.91 bits per heavy atom. The molecule has 4 rings (SSSR count). The standard InChI is InChI=1S/C30H53N3S2/c1-20(2)7-6-8-21(3)25-11-12-26-24-10-9-22-19-23(35-34-18-17-33-28(31)32)13-15-29(22,4)27(24)14-16-30(25,26)5/h9,20-21,23-27H,6-8,10-19H2,1-5H3,(H4,31,32,33)/t21-,23+,24-,25-,26-,27-,29+,30-/m1/s1. The van der Waals surface area contributed by atoms with Crippen LogP contribution in [-0.4, -0.2) is 23.5 Å². The maximum atomic E-state index is 7.29. The summed E-state index contributed by atoms with van der Waals surface area (Å²) < 4.78 is 0. The molecule has 4 N–H and O–H groups in total. The van der Waals surface area contributed by atoms with Crippen LogP contribution in [0.3, 0.4) is 0 Å². The molecule has 3 fully saturated rings. The second kappa shape index (κ2) is 11.6. The molecule has 0 radical (unpaired) electrons. The van der Waals surface area contributed by atoms with Crippen LogP contribution in [-0.2, 0) is 0 Å². The van der Waals surface area contributed by atoms with Crippen LogP contribution < -0.4 is 11.1 Å². The maximum absolute atomic E-state index is 7.29. The third kappa shape index (κ3) is 5.91. The van der Waals surface area contributed by atoms with Gasteiger partial charge in [-0.2, -0.15) is 0 Å². The second-order valence-electron chi connectivity index (χ2n) is 13.4. The number of rotatable bonds is 10. The van der Waals surface area contributed by atoms with Gasteiger partial charge in [0.05, 0.1) is 0 Å². The van der Waals surface area contributed by atoms with E-state index in [-0.39, 0.29) is 5.96 Å². The molecule has 4 aliphatic carbocycles. The van der Waals surface area contributed by atoms with E-state index in [4.69, 9.17) is 11.1 Å². The molecule has 0 amide bonds. The smallest absolute Gasteiger partial charge is 0.185 e. The predicted molar refractivity (Wildman–Crippen MR) is 157 cm³/mol. The lowest BCUT2D eigenvalue weighted by molar-refractivity contribution is -0.0497. The SMILES string of the molecule is CC(C)CCC[C@@H](C)[C@H]1CC[C@@H]2[C@H]3CC=C4C[C@@H](SSCCNC(=N)N)CC[C@]4(C)[C@@H]3CC[C@@]21C. The summed E-state index contributed by atoms with van der Waals surface area (Å²) in [6, 6.07) is 0. The van der Waals surface area contributed by atoms with Crippen LogP contribution in [0.2, 0.25) is 0 Å². The molecule has 8 atom stereocenters. The van der Waals surface area contributed by atoms with E-state index in [1.807, 2.05) is 16.4 Å². The van der Waals surface area contributed by atoms with Crippen LogP contribution in [0, 0.1) is 51.7 Å². The molecule has 5 heteroatoms. The first-order chi connectivity index (χ1) is 16.6. The summed E-state index contributed by atoms with van der Waals surface area (Å²) in [5.74, 6) is 6.64. The number of guanidine groups is 1. The van der Waals surface area contributed by atoms with Crippen LogP contribution in [0.15, 0.2) is 11.6 Å². The van der Waals surface area contributed by atoms with Crippen molar-refractivity contribution in [2.45, 2.75) is 110 Å². The third-order valence-electron chi connectivity index (χ3n) is 11.0. The van der Waals surface area contributed by atoms with Crippen molar-refractivity contribution >= 4 is 27.5 Å². The highest BCUT2D eigenvalue weighted by molar-refractivity contribution is 8.76. The van der Waals surface area contributed by atoms with Gasteiger partial charge in [-0.25, -0.2) is 0 Å². The molecule has 200 valence electrons. The van der Waals surface area contributed by atoms with Gasteiger partial charge in [-0.3, -0.25) is 5.41 Å². The molecule has 4 aliphatic rings.